The van der Waals surface area contributed by atoms with Gasteiger partial charge in [-0.2, -0.15) is 0 Å². The molecule has 0 fully saturated rings. The van der Waals surface area contributed by atoms with Gasteiger partial charge < -0.3 is 25.8 Å². The van der Waals surface area contributed by atoms with Crippen molar-refractivity contribution >= 4 is 29.9 Å². The lowest BCUT2D eigenvalue weighted by molar-refractivity contribution is -0.123. The molecule has 0 aromatic heterocycles. The Bertz CT molecular complexity index is 683. The Morgan fingerprint density at radius 2 is 1.54 bits per heavy atom. The predicted molar refractivity (Wildman–Crippen MR) is 115 cm³/mol. The zero-order valence-electron chi connectivity index (χ0n) is 17.9. The number of methoxy groups -OCH3 is 2. The number of amides is 2. The van der Waals surface area contributed by atoms with Crippen molar-refractivity contribution in [3.63, 3.8) is 0 Å². The molecule has 0 aliphatic rings. The van der Waals surface area contributed by atoms with E-state index in [9.17, 15) is 9.59 Å². The number of carbonyl (C=O) groups is 2. The Labute approximate surface area is 174 Å². The number of anilines is 1. The highest BCUT2D eigenvalue weighted by Crippen LogP contribution is 2.34. The average Bonchev–Trinajstić information content (AvgIpc) is 2.64. The number of benzene rings is 1. The number of ether oxygens (including phenoxy) is 2. The normalized spacial score (nSPS) is 11.3. The highest BCUT2D eigenvalue weighted by Gasteiger charge is 2.26. The molecule has 0 aliphatic carbocycles. The van der Waals surface area contributed by atoms with Crippen LogP contribution in [0.25, 0.3) is 0 Å². The van der Waals surface area contributed by atoms with Gasteiger partial charge in [0.05, 0.1) is 25.5 Å². The third-order valence-corrected chi connectivity index (χ3v) is 4.71. The first-order chi connectivity index (χ1) is 12.5. The maximum absolute atomic E-state index is 12.8. The summed E-state index contributed by atoms with van der Waals surface area (Å²) in [5.41, 5.74) is 5.84. The topological polar surface area (TPSA) is 103 Å². The van der Waals surface area contributed by atoms with E-state index in [-0.39, 0.29) is 24.2 Å². The van der Waals surface area contributed by atoms with Crippen LogP contribution in [0.4, 0.5) is 5.69 Å². The van der Waals surface area contributed by atoms with Crippen LogP contribution in [0.3, 0.4) is 0 Å². The summed E-state index contributed by atoms with van der Waals surface area (Å²) in [4.78, 5) is 25.3. The van der Waals surface area contributed by atoms with Crippen molar-refractivity contribution in [1.82, 2.24) is 5.32 Å². The molecule has 0 aliphatic heterocycles. The molecule has 7 nitrogen and oxygen atoms in total. The summed E-state index contributed by atoms with van der Waals surface area (Å²) < 4.78 is 10.6. The van der Waals surface area contributed by atoms with Gasteiger partial charge in [-0.3, -0.25) is 9.59 Å². The molecular weight excluding hydrogens is 382 g/mol. The molecule has 4 N–H and O–H groups in total. The van der Waals surface area contributed by atoms with Crippen LogP contribution in [-0.2, 0) is 4.79 Å². The molecule has 0 atom stereocenters. The smallest absolute Gasteiger partial charge is 0.253 e. The number of carbonyl (C=O) groups excluding carboxylic acids is 2. The van der Waals surface area contributed by atoms with Crippen LogP contribution in [-0.4, -0.2) is 38.1 Å². The van der Waals surface area contributed by atoms with Crippen LogP contribution in [0.1, 0.15) is 57.8 Å². The van der Waals surface area contributed by atoms with E-state index in [0.29, 0.717) is 29.3 Å². The quantitative estimate of drug-likeness (QED) is 0.604. The Kier molecular flexibility index (Phi) is 9.78. The van der Waals surface area contributed by atoms with Crippen LogP contribution >= 0.6 is 12.4 Å². The summed E-state index contributed by atoms with van der Waals surface area (Å²) in [7, 11) is 2.99. The molecule has 28 heavy (non-hydrogen) atoms. The summed E-state index contributed by atoms with van der Waals surface area (Å²) in [6, 6.07) is 3.15. The molecule has 1 aromatic carbocycles. The van der Waals surface area contributed by atoms with Crippen LogP contribution < -0.4 is 25.8 Å². The standard InChI is InChI=1S/C20H33N3O4.ClH/c1-8-20(21,9-2)12-22-17(24)13-10-15(26-6)16(27-7)11-14(13)23-18(25)19(3,4)5;/h10-11H,8-9,12,21H2,1-7H3,(H,22,24)(H,23,25);1H. The minimum atomic E-state index is -0.613. The lowest BCUT2D eigenvalue weighted by Gasteiger charge is -2.27. The molecule has 0 saturated carbocycles. The van der Waals surface area contributed by atoms with E-state index >= 15 is 0 Å². The Morgan fingerprint density at radius 1 is 1.04 bits per heavy atom. The first-order valence-corrected chi connectivity index (χ1v) is 9.15. The van der Waals surface area contributed by atoms with Crippen molar-refractivity contribution in [2.45, 2.75) is 53.0 Å². The SMILES string of the molecule is CCC(N)(CC)CNC(=O)c1cc(OC)c(OC)cc1NC(=O)C(C)(C)C.Cl. The van der Waals surface area contributed by atoms with E-state index in [0.717, 1.165) is 12.8 Å². The average molecular weight is 416 g/mol. The number of nitrogens with two attached hydrogens (primary N) is 1. The van der Waals surface area contributed by atoms with E-state index in [1.165, 1.54) is 14.2 Å². The summed E-state index contributed by atoms with van der Waals surface area (Å²) in [6.07, 6.45) is 1.48. The maximum Gasteiger partial charge on any atom is 0.253 e. The minimum Gasteiger partial charge on any atom is -0.493 e. The van der Waals surface area contributed by atoms with Crippen molar-refractivity contribution in [2.24, 2.45) is 11.1 Å². The van der Waals surface area contributed by atoms with E-state index < -0.39 is 11.0 Å². The van der Waals surface area contributed by atoms with Gasteiger partial charge in [0.15, 0.2) is 11.5 Å². The van der Waals surface area contributed by atoms with Gasteiger partial charge in [0.25, 0.3) is 5.91 Å². The third kappa shape index (κ3) is 6.56. The van der Waals surface area contributed by atoms with Gasteiger partial charge in [-0.15, -0.1) is 12.4 Å². The lowest BCUT2D eigenvalue weighted by atomic mass is 9.94. The monoisotopic (exact) mass is 415 g/mol. The molecule has 2 amide bonds. The fourth-order valence-corrected chi connectivity index (χ4v) is 2.33. The number of rotatable bonds is 8. The molecule has 1 aromatic rings. The second-order valence-corrected chi connectivity index (χ2v) is 7.71. The molecule has 0 radical (unpaired) electrons. The van der Waals surface area contributed by atoms with Gasteiger partial charge in [0, 0.05) is 23.6 Å². The largest absolute Gasteiger partial charge is 0.493 e. The summed E-state index contributed by atoms with van der Waals surface area (Å²) >= 11 is 0. The van der Waals surface area contributed by atoms with E-state index in [4.69, 9.17) is 15.2 Å². The number of halogens is 1. The van der Waals surface area contributed by atoms with Crippen molar-refractivity contribution in [2.75, 3.05) is 26.1 Å². The molecule has 0 spiro atoms. The molecule has 0 bridgehead atoms. The first kappa shape index (κ1) is 26.0. The Balaban J connectivity index is 0.00000729. The van der Waals surface area contributed by atoms with Crippen LogP contribution in [0.5, 0.6) is 11.5 Å². The van der Waals surface area contributed by atoms with Crippen LogP contribution in [0.2, 0.25) is 0 Å². The number of hydrogen-bond acceptors (Lipinski definition) is 5. The predicted octanol–water partition coefficient (Wildman–Crippen LogP) is 3.36. The van der Waals surface area contributed by atoms with Gasteiger partial charge in [-0.1, -0.05) is 34.6 Å². The summed E-state index contributed by atoms with van der Waals surface area (Å²) in [6.45, 7) is 9.71. The van der Waals surface area contributed by atoms with Gasteiger partial charge in [0.2, 0.25) is 5.91 Å². The van der Waals surface area contributed by atoms with E-state index in [1.54, 1.807) is 32.9 Å². The maximum atomic E-state index is 12.8. The fourth-order valence-electron chi connectivity index (χ4n) is 2.33. The molecule has 160 valence electrons. The van der Waals surface area contributed by atoms with Crippen molar-refractivity contribution < 1.29 is 19.1 Å². The van der Waals surface area contributed by atoms with E-state index in [2.05, 4.69) is 10.6 Å². The second kappa shape index (κ2) is 10.5. The number of hydrogen-bond donors (Lipinski definition) is 3. The Hall–Kier alpha value is -1.99. The van der Waals surface area contributed by atoms with Gasteiger partial charge in [-0.05, 0) is 18.9 Å². The molecular formula is C20H34ClN3O4. The van der Waals surface area contributed by atoms with Crippen LogP contribution in [0, 0.1) is 5.41 Å². The fraction of sp³-hybridized carbons (Fsp3) is 0.600. The Morgan fingerprint density at radius 3 is 1.96 bits per heavy atom. The van der Waals surface area contributed by atoms with Crippen molar-refractivity contribution in [1.29, 1.82) is 0 Å². The molecule has 8 heteroatoms. The van der Waals surface area contributed by atoms with Gasteiger partial charge >= 0.3 is 0 Å². The number of nitrogens with one attached hydrogen (secondary N) is 2. The third-order valence-electron chi connectivity index (χ3n) is 4.71. The molecule has 1 rings (SSSR count). The first-order valence-electron chi connectivity index (χ1n) is 9.15. The highest BCUT2D eigenvalue weighted by atomic mass is 35.5. The zero-order chi connectivity index (χ0) is 20.8. The van der Waals surface area contributed by atoms with Crippen molar-refractivity contribution in [3.05, 3.63) is 17.7 Å². The van der Waals surface area contributed by atoms with Crippen molar-refractivity contribution in [3.8, 4) is 11.5 Å². The van der Waals surface area contributed by atoms with Gasteiger partial charge in [-0.25, -0.2) is 0 Å². The van der Waals surface area contributed by atoms with Crippen LogP contribution in [0.15, 0.2) is 12.1 Å². The van der Waals surface area contributed by atoms with Gasteiger partial charge in [0.1, 0.15) is 0 Å². The second-order valence-electron chi connectivity index (χ2n) is 7.71. The molecule has 0 unspecified atom stereocenters. The minimum absolute atomic E-state index is 0. The van der Waals surface area contributed by atoms with E-state index in [1.807, 2.05) is 13.8 Å². The highest BCUT2D eigenvalue weighted by molar-refractivity contribution is 6.05. The lowest BCUT2D eigenvalue weighted by Crippen LogP contribution is -2.49. The molecule has 0 saturated heterocycles. The summed E-state index contributed by atoms with van der Waals surface area (Å²) in [5, 5.41) is 5.69. The summed E-state index contributed by atoms with van der Waals surface area (Å²) in [5.74, 6) is 0.283. The zero-order valence-corrected chi connectivity index (χ0v) is 18.7. The molecule has 0 heterocycles.